The molecule has 0 saturated carbocycles. The third-order valence-electron chi connectivity index (χ3n) is 4.59. The van der Waals surface area contributed by atoms with Crippen LogP contribution in [0.1, 0.15) is 66.2 Å². The van der Waals surface area contributed by atoms with E-state index < -0.39 is 31.2 Å². The molecule has 8 heteroatoms. The minimum absolute atomic E-state index is 0.527. The van der Waals surface area contributed by atoms with Crippen molar-refractivity contribution in [3.05, 3.63) is 47.1 Å². The van der Waals surface area contributed by atoms with Gasteiger partial charge in [-0.3, -0.25) is 0 Å². The predicted molar refractivity (Wildman–Crippen MR) is 116 cm³/mol. The van der Waals surface area contributed by atoms with E-state index in [9.17, 15) is 9.59 Å². The van der Waals surface area contributed by atoms with Crippen molar-refractivity contribution in [3.63, 3.8) is 0 Å². The van der Waals surface area contributed by atoms with E-state index in [0.717, 1.165) is 25.7 Å². The molecule has 1 saturated heterocycles. The Balaban J connectivity index is 2.42. The van der Waals surface area contributed by atoms with E-state index in [0.29, 0.717) is 18.4 Å². The van der Waals surface area contributed by atoms with Gasteiger partial charge in [-0.1, -0.05) is 41.5 Å². The summed E-state index contributed by atoms with van der Waals surface area (Å²) in [6.45, 7) is 12.3. The first-order valence-electron chi connectivity index (χ1n) is 10.3. The lowest BCUT2D eigenvalue weighted by Gasteiger charge is -2.13. The summed E-state index contributed by atoms with van der Waals surface area (Å²) in [5, 5.41) is 17.5. The third kappa shape index (κ3) is 11.4. The summed E-state index contributed by atoms with van der Waals surface area (Å²) in [4.78, 5) is 21.4. The van der Waals surface area contributed by atoms with Crippen molar-refractivity contribution >= 4 is 12.3 Å². The third-order valence-corrected chi connectivity index (χ3v) is 4.59. The first-order valence-corrected chi connectivity index (χ1v) is 10.3. The molecule has 2 N–H and O–H groups in total. The molecule has 0 aliphatic carbocycles. The van der Waals surface area contributed by atoms with Crippen molar-refractivity contribution in [1.82, 2.24) is 0 Å². The summed E-state index contributed by atoms with van der Waals surface area (Å²) < 4.78 is 19.5. The summed E-state index contributed by atoms with van der Waals surface area (Å²) in [5.74, 6) is 0. The lowest BCUT2D eigenvalue weighted by molar-refractivity contribution is -0.153. The zero-order chi connectivity index (χ0) is 23.4. The first kappa shape index (κ1) is 26.5. The van der Waals surface area contributed by atoms with Crippen LogP contribution >= 0.6 is 0 Å². The van der Waals surface area contributed by atoms with Crippen LogP contribution in [0.15, 0.2) is 47.1 Å². The molecule has 1 aliphatic heterocycles. The maximum absolute atomic E-state index is 10.7. The maximum atomic E-state index is 10.7. The van der Waals surface area contributed by atoms with Gasteiger partial charge < -0.3 is 29.2 Å². The van der Waals surface area contributed by atoms with Gasteiger partial charge >= 0.3 is 12.3 Å². The van der Waals surface area contributed by atoms with Gasteiger partial charge in [0.1, 0.15) is 0 Å². The molecule has 1 rings (SSSR count). The summed E-state index contributed by atoms with van der Waals surface area (Å²) in [6.07, 6.45) is 4.71. The second-order valence-corrected chi connectivity index (χ2v) is 7.77. The zero-order valence-electron chi connectivity index (χ0n) is 18.8. The van der Waals surface area contributed by atoms with E-state index in [2.05, 4.69) is 62.0 Å². The number of hydrogen-bond acceptors (Lipinski definition) is 6. The molecular weight excluding hydrogens is 404 g/mol. The monoisotopic (exact) mass is 438 g/mol. The van der Waals surface area contributed by atoms with Gasteiger partial charge in [-0.2, -0.15) is 0 Å². The Hall–Kier alpha value is -2.58. The second-order valence-electron chi connectivity index (χ2n) is 7.77. The lowest BCUT2D eigenvalue weighted by Crippen LogP contribution is -2.31. The number of ether oxygens (including phenoxy) is 4. The maximum Gasteiger partial charge on any atom is 0.508 e. The van der Waals surface area contributed by atoms with Gasteiger partial charge in [-0.25, -0.2) is 9.59 Å². The first-order chi connectivity index (χ1) is 14.6. The minimum atomic E-state index is -1.63. The molecule has 1 heterocycles. The van der Waals surface area contributed by atoms with Gasteiger partial charge in [-0.15, -0.1) is 0 Å². The fourth-order valence-electron chi connectivity index (χ4n) is 2.92. The predicted octanol–water partition coefficient (Wildman–Crippen LogP) is 6.16. The van der Waals surface area contributed by atoms with Crippen LogP contribution in [0.2, 0.25) is 0 Å². The van der Waals surface area contributed by atoms with Crippen molar-refractivity contribution in [1.29, 1.82) is 0 Å². The van der Waals surface area contributed by atoms with Crippen molar-refractivity contribution in [2.75, 3.05) is 0 Å². The minimum Gasteiger partial charge on any atom is -0.450 e. The highest BCUT2D eigenvalue weighted by atomic mass is 16.9. The van der Waals surface area contributed by atoms with Gasteiger partial charge in [0.15, 0.2) is 6.29 Å². The summed E-state index contributed by atoms with van der Waals surface area (Å²) >= 11 is 0. The van der Waals surface area contributed by atoms with E-state index in [1.54, 1.807) is 0 Å². The fraction of sp³-hybridized carbons (Fsp3) is 0.565. The van der Waals surface area contributed by atoms with Crippen molar-refractivity contribution in [2.24, 2.45) is 0 Å². The van der Waals surface area contributed by atoms with Crippen molar-refractivity contribution in [3.8, 4) is 0 Å². The van der Waals surface area contributed by atoms with Crippen LogP contribution in [-0.2, 0) is 18.9 Å². The molecule has 2 unspecified atom stereocenters. The van der Waals surface area contributed by atoms with Gasteiger partial charge in [-0.05, 0) is 71.8 Å². The molecular formula is C23H34O8. The van der Waals surface area contributed by atoms with Crippen molar-refractivity contribution in [2.45, 2.75) is 85.1 Å². The molecule has 0 radical (unpaired) electrons. The molecule has 0 aromatic carbocycles. The van der Waals surface area contributed by atoms with Crippen LogP contribution in [0.5, 0.6) is 0 Å². The summed E-state index contributed by atoms with van der Waals surface area (Å²) in [7, 11) is 0. The Bertz CT molecular complexity index is 691. The van der Waals surface area contributed by atoms with E-state index in [1.165, 1.54) is 16.7 Å². The molecule has 31 heavy (non-hydrogen) atoms. The van der Waals surface area contributed by atoms with Gasteiger partial charge in [0, 0.05) is 0 Å². The van der Waals surface area contributed by atoms with Crippen LogP contribution in [0.3, 0.4) is 0 Å². The number of hydrogen-bond donors (Lipinski definition) is 2. The van der Waals surface area contributed by atoms with Crippen LogP contribution in [-0.4, -0.2) is 41.4 Å². The number of carbonyl (C=O) groups is 2. The molecule has 2 atom stereocenters. The standard InChI is InChI=1S/C23H34O8/c1-15(2)9-6-10-16(3)11-7-12-17(4)13-8-14-18(5)19-28-20(30-22(24)25)21(29-19)31-23(26)27/h9,11,13,19-21H,5-8,10,12,14H2,1-4H3,(H,24,25)(H,26,27). The average molecular weight is 439 g/mol. The molecule has 1 fully saturated rings. The smallest absolute Gasteiger partial charge is 0.450 e. The molecule has 0 bridgehead atoms. The second kappa shape index (κ2) is 13.7. The Morgan fingerprint density at radius 3 is 1.65 bits per heavy atom. The van der Waals surface area contributed by atoms with Crippen LogP contribution in [0.4, 0.5) is 9.59 Å². The van der Waals surface area contributed by atoms with E-state index in [4.69, 9.17) is 19.7 Å². The molecule has 0 aromatic rings. The summed E-state index contributed by atoms with van der Waals surface area (Å²) in [5.41, 5.74) is 4.53. The highest BCUT2D eigenvalue weighted by molar-refractivity contribution is 5.58. The van der Waals surface area contributed by atoms with Gasteiger partial charge in [0.25, 0.3) is 12.6 Å². The van der Waals surface area contributed by atoms with Crippen molar-refractivity contribution < 1.29 is 38.7 Å². The Labute approximate surface area is 183 Å². The number of allylic oxidation sites excluding steroid dienone is 6. The summed E-state index contributed by atoms with van der Waals surface area (Å²) in [6, 6.07) is 0. The van der Waals surface area contributed by atoms with E-state index in [1.807, 2.05) is 0 Å². The highest BCUT2D eigenvalue weighted by Crippen LogP contribution is 2.28. The zero-order valence-corrected chi connectivity index (χ0v) is 18.8. The van der Waals surface area contributed by atoms with Crippen LogP contribution in [0, 0.1) is 0 Å². The molecule has 0 spiro atoms. The molecule has 0 amide bonds. The largest absolute Gasteiger partial charge is 0.508 e. The van der Waals surface area contributed by atoms with Crippen LogP contribution in [0.25, 0.3) is 0 Å². The molecule has 1 aliphatic rings. The van der Waals surface area contributed by atoms with E-state index in [-0.39, 0.29) is 0 Å². The highest BCUT2D eigenvalue weighted by Gasteiger charge is 2.42. The topological polar surface area (TPSA) is 112 Å². The number of carboxylic acid groups (broad SMARTS) is 2. The molecule has 174 valence electrons. The Morgan fingerprint density at radius 1 is 0.806 bits per heavy atom. The van der Waals surface area contributed by atoms with Gasteiger partial charge in [0.2, 0.25) is 0 Å². The molecule has 0 aromatic heterocycles. The van der Waals surface area contributed by atoms with Gasteiger partial charge in [0.05, 0.1) is 0 Å². The number of rotatable bonds is 12. The quantitative estimate of drug-likeness (QED) is 0.275. The van der Waals surface area contributed by atoms with Crippen LogP contribution < -0.4 is 0 Å². The SMILES string of the molecule is C=C(CCC=C(C)CCC=C(C)CCC=C(C)C)C1OC(OC(=O)O)C(OC(=O)O)O1. The average Bonchev–Trinajstić information content (AvgIpc) is 3.02. The Kier molecular flexibility index (Phi) is 11.7. The fourth-order valence-corrected chi connectivity index (χ4v) is 2.92. The van der Waals surface area contributed by atoms with E-state index >= 15 is 0 Å². The lowest BCUT2D eigenvalue weighted by atomic mass is 10.0. The Morgan fingerprint density at radius 2 is 1.23 bits per heavy atom. The normalized spacial score (nSPS) is 21.5. The molecule has 8 nitrogen and oxygen atoms in total.